The molecule has 0 aromatic carbocycles. The van der Waals surface area contributed by atoms with Crippen molar-refractivity contribution < 1.29 is 8.42 Å². The van der Waals surface area contributed by atoms with Gasteiger partial charge < -0.3 is 5.32 Å². The first-order valence-corrected chi connectivity index (χ1v) is 11.1. The van der Waals surface area contributed by atoms with Crippen molar-refractivity contribution in [2.45, 2.75) is 45.1 Å². The smallest absolute Gasteiger partial charge is 0.211 e. The van der Waals surface area contributed by atoms with Crippen LogP contribution < -0.4 is 5.32 Å². The molecule has 1 aliphatic carbocycles. The highest BCUT2D eigenvalue weighted by molar-refractivity contribution is 7.88. The standard InChI is InChI=1S/C16H22N4O2S2/c1-10-17-15(14-12-4-3-5-13(12)23-16(14)18-10)19-11-6-8-20(9-7-11)24(2,21)22/h11H,3-9H2,1-2H3,(H,17,18,19). The first-order valence-electron chi connectivity index (χ1n) is 8.42. The van der Waals surface area contributed by atoms with Gasteiger partial charge in [-0.25, -0.2) is 22.7 Å². The average molecular weight is 367 g/mol. The highest BCUT2D eigenvalue weighted by Crippen LogP contribution is 2.39. The molecule has 0 atom stereocenters. The summed E-state index contributed by atoms with van der Waals surface area (Å²) in [6.07, 6.45) is 6.39. The third-order valence-corrected chi connectivity index (χ3v) is 7.43. The van der Waals surface area contributed by atoms with Crippen LogP contribution in [0.4, 0.5) is 5.82 Å². The molecule has 6 nitrogen and oxygen atoms in total. The fraction of sp³-hybridized carbons (Fsp3) is 0.625. The Morgan fingerprint density at radius 1 is 1.21 bits per heavy atom. The number of anilines is 1. The summed E-state index contributed by atoms with van der Waals surface area (Å²) in [6, 6.07) is 0.262. The molecule has 1 saturated heterocycles. The van der Waals surface area contributed by atoms with E-state index in [1.165, 1.54) is 28.5 Å². The molecule has 8 heteroatoms. The topological polar surface area (TPSA) is 75.2 Å². The van der Waals surface area contributed by atoms with Gasteiger partial charge in [-0.1, -0.05) is 0 Å². The molecule has 0 amide bonds. The van der Waals surface area contributed by atoms with Crippen molar-refractivity contribution in [2.24, 2.45) is 0 Å². The highest BCUT2D eigenvalue weighted by Gasteiger charge is 2.27. The van der Waals surface area contributed by atoms with Gasteiger partial charge in [-0.3, -0.25) is 0 Å². The summed E-state index contributed by atoms with van der Waals surface area (Å²) in [4.78, 5) is 11.8. The van der Waals surface area contributed by atoms with Gasteiger partial charge in [0.15, 0.2) is 0 Å². The van der Waals surface area contributed by atoms with Crippen LogP contribution in [-0.4, -0.2) is 48.1 Å². The number of hydrogen-bond acceptors (Lipinski definition) is 6. The van der Waals surface area contributed by atoms with Crippen molar-refractivity contribution in [2.75, 3.05) is 24.7 Å². The van der Waals surface area contributed by atoms with Gasteiger partial charge in [-0.15, -0.1) is 11.3 Å². The summed E-state index contributed by atoms with van der Waals surface area (Å²) in [7, 11) is -3.08. The van der Waals surface area contributed by atoms with E-state index in [1.807, 2.05) is 6.92 Å². The van der Waals surface area contributed by atoms with Crippen LogP contribution in [-0.2, 0) is 22.9 Å². The zero-order chi connectivity index (χ0) is 16.9. The Morgan fingerprint density at radius 3 is 2.67 bits per heavy atom. The van der Waals surface area contributed by atoms with Gasteiger partial charge in [-0.2, -0.15) is 0 Å². The molecule has 0 bridgehead atoms. The molecule has 2 aromatic rings. The van der Waals surface area contributed by atoms with Crippen molar-refractivity contribution >= 4 is 37.4 Å². The summed E-state index contributed by atoms with van der Waals surface area (Å²) in [6.45, 7) is 3.08. The number of fused-ring (bicyclic) bond motifs is 3. The predicted molar refractivity (Wildman–Crippen MR) is 97.2 cm³/mol. The molecule has 130 valence electrons. The molecule has 3 heterocycles. The third-order valence-electron chi connectivity index (χ3n) is 4.94. The first-order chi connectivity index (χ1) is 11.4. The molecule has 0 unspecified atom stereocenters. The van der Waals surface area contributed by atoms with Gasteiger partial charge in [0.2, 0.25) is 10.0 Å². The zero-order valence-electron chi connectivity index (χ0n) is 14.0. The summed E-state index contributed by atoms with van der Waals surface area (Å²) >= 11 is 1.80. The van der Waals surface area contributed by atoms with Crippen LogP contribution >= 0.6 is 11.3 Å². The number of aryl methyl sites for hydroxylation is 3. The summed E-state index contributed by atoms with van der Waals surface area (Å²) in [5.74, 6) is 1.73. The number of hydrogen-bond donors (Lipinski definition) is 1. The minimum absolute atomic E-state index is 0.262. The van der Waals surface area contributed by atoms with Crippen LogP contribution in [0.2, 0.25) is 0 Å². The van der Waals surface area contributed by atoms with Gasteiger partial charge in [0, 0.05) is 24.0 Å². The van der Waals surface area contributed by atoms with Crippen molar-refractivity contribution in [3.63, 3.8) is 0 Å². The van der Waals surface area contributed by atoms with Crippen molar-refractivity contribution in [1.82, 2.24) is 14.3 Å². The second-order valence-corrected chi connectivity index (χ2v) is 9.80. The SMILES string of the molecule is Cc1nc(NC2CCN(S(C)(=O)=O)CC2)c2c3c(sc2n1)CCC3. The quantitative estimate of drug-likeness (QED) is 0.902. The van der Waals surface area contributed by atoms with Gasteiger partial charge in [0.1, 0.15) is 16.5 Å². The van der Waals surface area contributed by atoms with Crippen LogP contribution in [0.15, 0.2) is 0 Å². The van der Waals surface area contributed by atoms with E-state index >= 15 is 0 Å². The second kappa shape index (κ2) is 5.93. The van der Waals surface area contributed by atoms with E-state index < -0.39 is 10.0 Å². The predicted octanol–water partition coefficient (Wildman–Crippen LogP) is 2.32. The molecule has 1 N–H and O–H groups in total. The number of aromatic nitrogens is 2. The second-order valence-electron chi connectivity index (χ2n) is 6.74. The molecule has 0 radical (unpaired) electrons. The first kappa shape index (κ1) is 16.2. The maximum Gasteiger partial charge on any atom is 0.211 e. The molecule has 0 spiro atoms. The molecule has 0 saturated carbocycles. The molecule has 4 rings (SSSR count). The summed E-state index contributed by atoms with van der Waals surface area (Å²) in [5.41, 5.74) is 1.42. The normalized spacial score (nSPS) is 19.8. The van der Waals surface area contributed by atoms with Crippen LogP contribution in [0, 0.1) is 6.92 Å². The third kappa shape index (κ3) is 2.91. The molecular formula is C16H22N4O2S2. The Labute approximate surface area is 146 Å². The van der Waals surface area contributed by atoms with Gasteiger partial charge >= 0.3 is 0 Å². The number of nitrogens with zero attached hydrogens (tertiary/aromatic N) is 3. The fourth-order valence-corrected chi connectivity index (χ4v) is 5.91. The number of nitrogens with one attached hydrogen (secondary N) is 1. The zero-order valence-corrected chi connectivity index (χ0v) is 15.6. The van der Waals surface area contributed by atoms with E-state index in [9.17, 15) is 8.42 Å². The van der Waals surface area contributed by atoms with Crippen LogP contribution in [0.5, 0.6) is 0 Å². The Hall–Kier alpha value is -1.25. The largest absolute Gasteiger partial charge is 0.367 e. The number of rotatable bonds is 3. The number of piperidine rings is 1. The highest BCUT2D eigenvalue weighted by atomic mass is 32.2. The molecule has 2 aromatic heterocycles. The van der Waals surface area contributed by atoms with E-state index in [0.717, 1.165) is 42.2 Å². The Balaban J connectivity index is 1.59. The van der Waals surface area contributed by atoms with E-state index in [-0.39, 0.29) is 6.04 Å². The maximum absolute atomic E-state index is 11.7. The van der Waals surface area contributed by atoms with E-state index in [4.69, 9.17) is 0 Å². The molecule has 1 fully saturated rings. The van der Waals surface area contributed by atoms with Crippen LogP contribution in [0.3, 0.4) is 0 Å². The van der Waals surface area contributed by atoms with Crippen molar-refractivity contribution in [3.05, 3.63) is 16.3 Å². The fourth-order valence-electron chi connectivity index (χ4n) is 3.73. The minimum Gasteiger partial charge on any atom is -0.367 e. The monoisotopic (exact) mass is 366 g/mol. The van der Waals surface area contributed by atoms with Crippen molar-refractivity contribution in [3.8, 4) is 0 Å². The lowest BCUT2D eigenvalue weighted by Crippen LogP contribution is -2.42. The molecular weight excluding hydrogens is 344 g/mol. The number of sulfonamides is 1. The van der Waals surface area contributed by atoms with Gasteiger partial charge in [0.05, 0.1) is 11.6 Å². The van der Waals surface area contributed by atoms with Crippen molar-refractivity contribution in [1.29, 1.82) is 0 Å². The lowest BCUT2D eigenvalue weighted by Gasteiger charge is -2.31. The lowest BCUT2D eigenvalue weighted by atomic mass is 10.1. The Morgan fingerprint density at radius 2 is 1.96 bits per heavy atom. The van der Waals surface area contributed by atoms with E-state index in [0.29, 0.717) is 13.1 Å². The minimum atomic E-state index is -3.08. The Kier molecular flexibility index (Phi) is 4.01. The Bertz CT molecular complexity index is 883. The van der Waals surface area contributed by atoms with Crippen LogP contribution in [0.1, 0.15) is 35.5 Å². The van der Waals surface area contributed by atoms with E-state index in [2.05, 4.69) is 15.3 Å². The number of thiophene rings is 1. The summed E-state index contributed by atoms with van der Waals surface area (Å²) < 4.78 is 24.9. The summed E-state index contributed by atoms with van der Waals surface area (Å²) in [5, 5.41) is 4.78. The van der Waals surface area contributed by atoms with Crippen LogP contribution in [0.25, 0.3) is 10.2 Å². The van der Waals surface area contributed by atoms with Gasteiger partial charge in [0.25, 0.3) is 0 Å². The van der Waals surface area contributed by atoms with E-state index in [1.54, 1.807) is 15.6 Å². The molecule has 24 heavy (non-hydrogen) atoms. The molecule has 2 aliphatic rings. The molecule has 1 aliphatic heterocycles. The lowest BCUT2D eigenvalue weighted by molar-refractivity contribution is 0.331. The maximum atomic E-state index is 11.7. The van der Waals surface area contributed by atoms with Gasteiger partial charge in [-0.05, 0) is 44.6 Å². The average Bonchev–Trinajstić information content (AvgIpc) is 3.06.